The van der Waals surface area contributed by atoms with Gasteiger partial charge in [0.2, 0.25) is 0 Å². The highest BCUT2D eigenvalue weighted by Gasteiger charge is 2.16. The second-order valence-electron chi connectivity index (χ2n) is 7.25. The Morgan fingerprint density at radius 2 is 1.56 bits per heavy atom. The van der Waals surface area contributed by atoms with E-state index in [4.69, 9.17) is 9.47 Å². The molecule has 0 aromatic heterocycles. The molecule has 0 atom stereocenters. The van der Waals surface area contributed by atoms with Crippen LogP contribution in [0.2, 0.25) is 0 Å². The summed E-state index contributed by atoms with van der Waals surface area (Å²) < 4.78 is 10.4. The van der Waals surface area contributed by atoms with Crippen molar-refractivity contribution in [3.8, 4) is 5.75 Å². The molecule has 0 radical (unpaired) electrons. The SMILES string of the molecule is COc1cccc(/C=C/C(=O)OCC(=O)N(CCc2ccccc2)Cc2ccccc2)c1. The second kappa shape index (κ2) is 12.1. The molecule has 0 unspecified atom stereocenters. The van der Waals surface area contributed by atoms with Crippen LogP contribution in [0.25, 0.3) is 6.08 Å². The molecule has 0 heterocycles. The first kappa shape index (κ1) is 22.8. The van der Waals surface area contributed by atoms with E-state index in [2.05, 4.69) is 0 Å². The Hall–Kier alpha value is -3.86. The zero-order valence-corrected chi connectivity index (χ0v) is 18.1. The Kier molecular flexibility index (Phi) is 8.63. The van der Waals surface area contributed by atoms with Gasteiger partial charge < -0.3 is 14.4 Å². The number of hydrogen-bond donors (Lipinski definition) is 0. The maximum absolute atomic E-state index is 12.8. The Bertz CT molecular complexity index is 1030. The summed E-state index contributed by atoms with van der Waals surface area (Å²) in [6.45, 7) is 0.696. The number of methoxy groups -OCH3 is 1. The van der Waals surface area contributed by atoms with Gasteiger partial charge in [-0.25, -0.2) is 4.79 Å². The summed E-state index contributed by atoms with van der Waals surface area (Å²) in [6.07, 6.45) is 3.67. The van der Waals surface area contributed by atoms with Gasteiger partial charge in [-0.1, -0.05) is 72.8 Å². The quantitative estimate of drug-likeness (QED) is 0.351. The third kappa shape index (κ3) is 7.43. The van der Waals surface area contributed by atoms with Crippen molar-refractivity contribution in [2.24, 2.45) is 0 Å². The molecule has 0 N–H and O–H groups in total. The minimum absolute atomic E-state index is 0.229. The van der Waals surface area contributed by atoms with E-state index in [1.54, 1.807) is 24.2 Å². The molecule has 164 valence electrons. The topological polar surface area (TPSA) is 55.8 Å². The summed E-state index contributed by atoms with van der Waals surface area (Å²) >= 11 is 0. The van der Waals surface area contributed by atoms with Gasteiger partial charge in [-0.2, -0.15) is 0 Å². The molecule has 0 saturated heterocycles. The monoisotopic (exact) mass is 429 g/mol. The van der Waals surface area contributed by atoms with Crippen LogP contribution in [0.3, 0.4) is 0 Å². The Morgan fingerprint density at radius 1 is 0.875 bits per heavy atom. The molecule has 0 aliphatic carbocycles. The minimum atomic E-state index is -0.566. The Morgan fingerprint density at radius 3 is 2.25 bits per heavy atom. The van der Waals surface area contributed by atoms with Crippen LogP contribution in [0.4, 0.5) is 0 Å². The average Bonchev–Trinajstić information content (AvgIpc) is 2.85. The van der Waals surface area contributed by atoms with Crippen molar-refractivity contribution in [3.05, 3.63) is 108 Å². The molecule has 0 saturated carbocycles. The molecule has 3 aromatic carbocycles. The molecule has 0 aliphatic rings. The number of esters is 1. The van der Waals surface area contributed by atoms with Crippen LogP contribution in [0, 0.1) is 0 Å². The number of carbonyl (C=O) groups excluding carboxylic acids is 2. The fourth-order valence-corrected chi connectivity index (χ4v) is 3.19. The fraction of sp³-hybridized carbons (Fsp3) is 0.185. The molecule has 0 aliphatic heterocycles. The van der Waals surface area contributed by atoms with Crippen LogP contribution in [0.5, 0.6) is 5.75 Å². The third-order valence-corrected chi connectivity index (χ3v) is 4.93. The lowest BCUT2D eigenvalue weighted by Crippen LogP contribution is -2.35. The highest BCUT2D eigenvalue weighted by molar-refractivity contribution is 5.89. The molecule has 1 amide bonds. The molecule has 0 fully saturated rings. The van der Waals surface area contributed by atoms with Gasteiger partial charge in [0.1, 0.15) is 5.75 Å². The van der Waals surface area contributed by atoms with Crippen molar-refractivity contribution >= 4 is 18.0 Å². The number of nitrogens with zero attached hydrogens (tertiary/aromatic N) is 1. The van der Waals surface area contributed by atoms with Crippen molar-refractivity contribution in [1.82, 2.24) is 4.90 Å². The maximum atomic E-state index is 12.8. The van der Waals surface area contributed by atoms with E-state index in [0.717, 1.165) is 23.1 Å². The van der Waals surface area contributed by atoms with Crippen LogP contribution in [0.15, 0.2) is 91.0 Å². The zero-order chi connectivity index (χ0) is 22.6. The average molecular weight is 430 g/mol. The first-order valence-corrected chi connectivity index (χ1v) is 10.5. The first-order chi connectivity index (χ1) is 15.6. The fourth-order valence-electron chi connectivity index (χ4n) is 3.19. The van der Waals surface area contributed by atoms with Gasteiger partial charge in [-0.15, -0.1) is 0 Å². The summed E-state index contributed by atoms with van der Waals surface area (Å²) in [4.78, 5) is 26.7. The van der Waals surface area contributed by atoms with E-state index in [0.29, 0.717) is 18.8 Å². The smallest absolute Gasteiger partial charge is 0.331 e. The lowest BCUT2D eigenvalue weighted by atomic mass is 10.1. The maximum Gasteiger partial charge on any atom is 0.331 e. The Labute approximate surface area is 188 Å². The molecule has 5 heteroatoms. The summed E-state index contributed by atoms with van der Waals surface area (Å²) in [6, 6.07) is 27.1. The predicted octanol–water partition coefficient (Wildman–Crippen LogP) is 4.52. The highest BCUT2D eigenvalue weighted by atomic mass is 16.5. The molecule has 3 aromatic rings. The molecular weight excluding hydrogens is 402 g/mol. The van der Waals surface area contributed by atoms with Crippen LogP contribution in [-0.4, -0.2) is 37.0 Å². The predicted molar refractivity (Wildman–Crippen MR) is 125 cm³/mol. The first-order valence-electron chi connectivity index (χ1n) is 10.5. The largest absolute Gasteiger partial charge is 0.497 e. The van der Waals surface area contributed by atoms with Crippen molar-refractivity contribution in [3.63, 3.8) is 0 Å². The second-order valence-corrected chi connectivity index (χ2v) is 7.25. The third-order valence-electron chi connectivity index (χ3n) is 4.93. The van der Waals surface area contributed by atoms with Crippen molar-refractivity contribution in [2.45, 2.75) is 13.0 Å². The van der Waals surface area contributed by atoms with Gasteiger partial charge in [0.25, 0.3) is 5.91 Å². The summed E-state index contributed by atoms with van der Waals surface area (Å²) in [5.74, 6) is -0.0949. The van der Waals surface area contributed by atoms with Crippen LogP contribution >= 0.6 is 0 Å². The molecule has 0 spiro atoms. The van der Waals surface area contributed by atoms with Gasteiger partial charge in [0.15, 0.2) is 6.61 Å². The van der Waals surface area contributed by atoms with Gasteiger partial charge in [-0.3, -0.25) is 4.79 Å². The van der Waals surface area contributed by atoms with Crippen LogP contribution in [-0.2, 0) is 27.3 Å². The number of amides is 1. The zero-order valence-electron chi connectivity index (χ0n) is 18.1. The number of carbonyl (C=O) groups is 2. The van der Waals surface area contributed by atoms with E-state index in [9.17, 15) is 9.59 Å². The van der Waals surface area contributed by atoms with Crippen LogP contribution in [0.1, 0.15) is 16.7 Å². The molecular formula is C27H27NO4. The van der Waals surface area contributed by atoms with Crippen molar-refractivity contribution in [2.75, 3.05) is 20.3 Å². The molecule has 0 bridgehead atoms. The van der Waals surface area contributed by atoms with Crippen molar-refractivity contribution in [1.29, 1.82) is 0 Å². The van der Waals surface area contributed by atoms with E-state index in [1.165, 1.54) is 6.08 Å². The van der Waals surface area contributed by atoms with E-state index < -0.39 is 5.97 Å². The standard InChI is InChI=1S/C27H27NO4/c1-31-25-14-8-13-23(19-25)15-16-27(30)32-21-26(29)28(20-24-11-6-3-7-12-24)18-17-22-9-4-2-5-10-22/h2-16,19H,17-18,20-21H2,1H3/b16-15+. The van der Waals surface area contributed by atoms with Crippen LogP contribution < -0.4 is 4.74 Å². The van der Waals surface area contributed by atoms with E-state index in [-0.39, 0.29) is 12.5 Å². The Balaban J connectivity index is 1.58. The summed E-state index contributed by atoms with van der Waals surface area (Å²) in [5.41, 5.74) is 2.98. The van der Waals surface area contributed by atoms with Gasteiger partial charge in [0.05, 0.1) is 7.11 Å². The molecule has 3 rings (SSSR count). The molecule has 32 heavy (non-hydrogen) atoms. The number of rotatable bonds is 10. The normalized spacial score (nSPS) is 10.7. The highest BCUT2D eigenvalue weighted by Crippen LogP contribution is 2.14. The van der Waals surface area contributed by atoms with Gasteiger partial charge in [-0.05, 0) is 41.3 Å². The number of ether oxygens (including phenoxy) is 2. The summed E-state index contributed by atoms with van der Waals surface area (Å²) in [7, 11) is 1.59. The lowest BCUT2D eigenvalue weighted by Gasteiger charge is -2.23. The molecule has 5 nitrogen and oxygen atoms in total. The van der Waals surface area contributed by atoms with Crippen molar-refractivity contribution < 1.29 is 19.1 Å². The summed E-state index contributed by atoms with van der Waals surface area (Å²) in [5, 5.41) is 0. The van der Waals surface area contributed by atoms with E-state index in [1.807, 2.05) is 78.9 Å². The lowest BCUT2D eigenvalue weighted by molar-refractivity contribution is -0.148. The minimum Gasteiger partial charge on any atom is -0.497 e. The number of benzene rings is 3. The van der Waals surface area contributed by atoms with Gasteiger partial charge in [0, 0.05) is 19.2 Å². The van der Waals surface area contributed by atoms with E-state index >= 15 is 0 Å². The van der Waals surface area contributed by atoms with Gasteiger partial charge >= 0.3 is 5.97 Å². The number of hydrogen-bond acceptors (Lipinski definition) is 4.